The summed E-state index contributed by atoms with van der Waals surface area (Å²) >= 11 is 0. The number of allylic oxidation sites excluding steroid dienone is 3. The van der Waals surface area contributed by atoms with Gasteiger partial charge in [-0.15, -0.1) is 0 Å². The normalized spacial score (nSPS) is 11.8. The second-order valence-electron chi connectivity index (χ2n) is 5.45. The Morgan fingerprint density at radius 2 is 1.11 bits per heavy atom. The molecule has 0 bridgehead atoms. The molecule has 0 spiro atoms. The van der Waals surface area contributed by atoms with E-state index in [4.69, 9.17) is 5.11 Å². The Morgan fingerprint density at radius 1 is 0.632 bits per heavy atom. The highest BCUT2D eigenvalue weighted by atomic mass is 16.2. The topological polar surface area (TPSA) is 20.2 Å². The Morgan fingerprint density at radius 3 is 1.58 bits per heavy atom. The largest absolute Gasteiger partial charge is 0.516 e. The lowest BCUT2D eigenvalue weighted by molar-refractivity contribution is 0.473. The van der Waals surface area contributed by atoms with Crippen LogP contribution in [-0.4, -0.2) is 5.11 Å². The average Bonchev–Trinajstić information content (AvgIpc) is 2.43. The fraction of sp³-hybridized carbons (Fsp3) is 0.778. The molecule has 0 atom stereocenters. The van der Waals surface area contributed by atoms with E-state index in [1.54, 1.807) is 6.08 Å². The summed E-state index contributed by atoms with van der Waals surface area (Å²) in [7, 11) is 0. The van der Waals surface area contributed by atoms with Crippen molar-refractivity contribution < 1.29 is 5.11 Å². The van der Waals surface area contributed by atoms with Crippen LogP contribution in [0.4, 0.5) is 0 Å². The number of rotatable bonds is 14. The predicted octanol–water partition coefficient (Wildman–Crippen LogP) is 6.71. The SMILES string of the molecule is CCCCCCCCCCCCCCC=C/C=C\O. The summed E-state index contributed by atoms with van der Waals surface area (Å²) in [6.07, 6.45) is 24.8. The van der Waals surface area contributed by atoms with Crippen LogP contribution in [0.2, 0.25) is 0 Å². The van der Waals surface area contributed by atoms with Crippen molar-refractivity contribution in [3.8, 4) is 0 Å². The number of hydrogen-bond donors (Lipinski definition) is 1. The quantitative estimate of drug-likeness (QED) is 0.210. The molecule has 1 nitrogen and oxygen atoms in total. The van der Waals surface area contributed by atoms with E-state index in [1.807, 2.05) is 6.08 Å². The molecular formula is C18H34O. The van der Waals surface area contributed by atoms with E-state index in [0.717, 1.165) is 12.7 Å². The van der Waals surface area contributed by atoms with Crippen LogP contribution >= 0.6 is 0 Å². The molecule has 0 aliphatic carbocycles. The summed E-state index contributed by atoms with van der Waals surface area (Å²) in [4.78, 5) is 0. The van der Waals surface area contributed by atoms with Crippen molar-refractivity contribution in [1.82, 2.24) is 0 Å². The van der Waals surface area contributed by atoms with Gasteiger partial charge in [0, 0.05) is 0 Å². The zero-order valence-corrected chi connectivity index (χ0v) is 12.9. The summed E-state index contributed by atoms with van der Waals surface area (Å²) in [5.41, 5.74) is 0. The van der Waals surface area contributed by atoms with Crippen molar-refractivity contribution in [3.05, 3.63) is 24.5 Å². The number of unbranched alkanes of at least 4 members (excludes halogenated alkanes) is 12. The first-order valence-corrected chi connectivity index (χ1v) is 8.37. The van der Waals surface area contributed by atoms with E-state index < -0.39 is 0 Å². The molecule has 0 aromatic carbocycles. The van der Waals surface area contributed by atoms with Crippen LogP contribution in [0.25, 0.3) is 0 Å². The summed E-state index contributed by atoms with van der Waals surface area (Å²) in [6, 6.07) is 0. The van der Waals surface area contributed by atoms with Gasteiger partial charge < -0.3 is 5.11 Å². The van der Waals surface area contributed by atoms with Crippen LogP contribution in [0.1, 0.15) is 90.4 Å². The smallest absolute Gasteiger partial charge is 0.0791 e. The lowest BCUT2D eigenvalue weighted by Crippen LogP contribution is -1.82. The zero-order valence-electron chi connectivity index (χ0n) is 12.9. The maximum atomic E-state index is 8.44. The highest BCUT2D eigenvalue weighted by molar-refractivity contribution is 4.98. The summed E-state index contributed by atoms with van der Waals surface area (Å²) in [5, 5.41) is 8.44. The van der Waals surface area contributed by atoms with Crippen molar-refractivity contribution in [2.24, 2.45) is 0 Å². The third-order valence-corrected chi connectivity index (χ3v) is 3.56. The van der Waals surface area contributed by atoms with Crippen molar-refractivity contribution >= 4 is 0 Å². The van der Waals surface area contributed by atoms with Crippen LogP contribution in [-0.2, 0) is 0 Å². The molecule has 1 heteroatoms. The Labute approximate surface area is 120 Å². The van der Waals surface area contributed by atoms with Crippen LogP contribution < -0.4 is 0 Å². The minimum atomic E-state index is 1.08. The van der Waals surface area contributed by atoms with Gasteiger partial charge in [0.05, 0.1) is 6.26 Å². The van der Waals surface area contributed by atoms with Gasteiger partial charge in [0.2, 0.25) is 0 Å². The lowest BCUT2D eigenvalue weighted by atomic mass is 10.0. The average molecular weight is 266 g/mol. The third-order valence-electron chi connectivity index (χ3n) is 3.56. The summed E-state index contributed by atoms with van der Waals surface area (Å²) < 4.78 is 0. The monoisotopic (exact) mass is 266 g/mol. The standard InChI is InChI=1S/C18H34O/c1-2-3-4-5-6-7-8-9-10-11-12-13-14-15-16-17-18-19/h15-19H,2-14H2,1H3/b16-15?,18-17-. The third kappa shape index (κ3) is 17.3. The van der Waals surface area contributed by atoms with E-state index >= 15 is 0 Å². The molecule has 0 amide bonds. The fourth-order valence-corrected chi connectivity index (χ4v) is 2.33. The van der Waals surface area contributed by atoms with E-state index in [1.165, 1.54) is 77.0 Å². The molecule has 0 aliphatic heterocycles. The summed E-state index contributed by atoms with van der Waals surface area (Å²) in [6.45, 7) is 2.28. The van der Waals surface area contributed by atoms with Gasteiger partial charge in [-0.1, -0.05) is 89.7 Å². The Kier molecular flexibility index (Phi) is 16.6. The molecule has 0 aliphatic rings. The molecular weight excluding hydrogens is 232 g/mol. The van der Waals surface area contributed by atoms with E-state index in [0.29, 0.717) is 0 Å². The highest BCUT2D eigenvalue weighted by Crippen LogP contribution is 2.12. The predicted molar refractivity (Wildman–Crippen MR) is 86.6 cm³/mol. The first-order chi connectivity index (χ1) is 9.41. The van der Waals surface area contributed by atoms with Crippen LogP contribution in [0.3, 0.4) is 0 Å². The van der Waals surface area contributed by atoms with E-state index in [2.05, 4.69) is 13.0 Å². The van der Waals surface area contributed by atoms with E-state index in [-0.39, 0.29) is 0 Å². The van der Waals surface area contributed by atoms with E-state index in [9.17, 15) is 0 Å². The molecule has 0 aromatic rings. The highest BCUT2D eigenvalue weighted by Gasteiger charge is 1.92. The first-order valence-electron chi connectivity index (χ1n) is 8.37. The molecule has 0 radical (unpaired) electrons. The van der Waals surface area contributed by atoms with Crippen LogP contribution in [0.5, 0.6) is 0 Å². The minimum absolute atomic E-state index is 1.08. The number of aliphatic hydroxyl groups is 1. The molecule has 1 N–H and O–H groups in total. The number of hydrogen-bond acceptors (Lipinski definition) is 1. The molecule has 0 aromatic heterocycles. The van der Waals surface area contributed by atoms with Gasteiger partial charge in [-0.25, -0.2) is 0 Å². The molecule has 0 fully saturated rings. The molecule has 112 valence electrons. The Hall–Kier alpha value is -0.720. The molecule has 0 unspecified atom stereocenters. The molecule has 0 rings (SSSR count). The van der Waals surface area contributed by atoms with Crippen molar-refractivity contribution in [2.75, 3.05) is 0 Å². The Bertz CT molecular complexity index is 206. The van der Waals surface area contributed by atoms with Crippen LogP contribution in [0, 0.1) is 0 Å². The van der Waals surface area contributed by atoms with Gasteiger partial charge in [0.25, 0.3) is 0 Å². The number of aliphatic hydroxyl groups excluding tert-OH is 1. The molecule has 0 heterocycles. The Balaban J connectivity index is 2.99. The summed E-state index contributed by atoms with van der Waals surface area (Å²) in [5.74, 6) is 0. The van der Waals surface area contributed by atoms with Crippen molar-refractivity contribution in [2.45, 2.75) is 90.4 Å². The molecule has 19 heavy (non-hydrogen) atoms. The first kappa shape index (κ1) is 18.3. The maximum absolute atomic E-state index is 8.44. The van der Waals surface area contributed by atoms with Gasteiger partial charge in [-0.3, -0.25) is 0 Å². The van der Waals surface area contributed by atoms with Gasteiger partial charge in [0.1, 0.15) is 0 Å². The fourth-order valence-electron chi connectivity index (χ4n) is 2.33. The van der Waals surface area contributed by atoms with Crippen molar-refractivity contribution in [3.63, 3.8) is 0 Å². The van der Waals surface area contributed by atoms with Gasteiger partial charge in [-0.05, 0) is 18.9 Å². The minimum Gasteiger partial charge on any atom is -0.516 e. The molecule has 0 saturated heterocycles. The molecule has 0 saturated carbocycles. The van der Waals surface area contributed by atoms with Gasteiger partial charge >= 0.3 is 0 Å². The second-order valence-corrected chi connectivity index (χ2v) is 5.45. The lowest BCUT2D eigenvalue weighted by Gasteiger charge is -2.02. The van der Waals surface area contributed by atoms with Crippen LogP contribution in [0.15, 0.2) is 24.5 Å². The second kappa shape index (κ2) is 17.3. The van der Waals surface area contributed by atoms with Gasteiger partial charge in [-0.2, -0.15) is 0 Å². The van der Waals surface area contributed by atoms with Gasteiger partial charge in [0.15, 0.2) is 0 Å². The maximum Gasteiger partial charge on any atom is 0.0791 e. The zero-order chi connectivity index (χ0) is 14.0. The van der Waals surface area contributed by atoms with Crippen molar-refractivity contribution in [1.29, 1.82) is 0 Å².